The first kappa shape index (κ1) is 11.6. The summed E-state index contributed by atoms with van der Waals surface area (Å²) in [5, 5.41) is 8.96. The summed E-state index contributed by atoms with van der Waals surface area (Å²) in [5.74, 6) is -0.279. The number of nitrogens with zero attached hydrogens (tertiary/aromatic N) is 2. The molecule has 0 atom stereocenters. The van der Waals surface area contributed by atoms with E-state index in [9.17, 15) is 4.79 Å². The third-order valence-corrected chi connectivity index (χ3v) is 2.82. The molecule has 0 saturated heterocycles. The van der Waals surface area contributed by atoms with Crippen LogP contribution in [-0.4, -0.2) is 20.6 Å². The molecule has 1 aromatic heterocycles. The molecule has 2 aromatic rings. The lowest BCUT2D eigenvalue weighted by Gasteiger charge is -2.06. The lowest BCUT2D eigenvalue weighted by molar-refractivity contribution is 0.0697. The Balaban J connectivity index is 2.36. The maximum Gasteiger partial charge on any atom is 0.335 e. The van der Waals surface area contributed by atoms with Gasteiger partial charge in [0.15, 0.2) is 0 Å². The first-order valence-electron chi connectivity index (χ1n) is 5.76. The van der Waals surface area contributed by atoms with Gasteiger partial charge >= 0.3 is 5.97 Å². The zero-order valence-corrected chi connectivity index (χ0v) is 10.1. The van der Waals surface area contributed by atoms with Gasteiger partial charge in [-0.05, 0) is 30.5 Å². The normalized spacial score (nSPS) is 11.2. The number of hydrogen-bond acceptors (Lipinski definition) is 2. The minimum atomic E-state index is -0.900. The van der Waals surface area contributed by atoms with Crippen LogP contribution in [0.1, 0.15) is 30.6 Å². The fraction of sp³-hybridized carbons (Fsp3) is 0.385. The van der Waals surface area contributed by atoms with Crippen LogP contribution in [0.4, 0.5) is 0 Å². The second-order valence-electron chi connectivity index (χ2n) is 4.63. The van der Waals surface area contributed by atoms with Gasteiger partial charge in [-0.15, -0.1) is 0 Å². The van der Waals surface area contributed by atoms with Gasteiger partial charge in [0.25, 0.3) is 0 Å². The van der Waals surface area contributed by atoms with E-state index in [4.69, 9.17) is 5.11 Å². The Morgan fingerprint density at radius 1 is 1.47 bits per heavy atom. The number of aromatic carboxylic acids is 1. The molecule has 0 radical (unpaired) electrons. The molecular weight excluding hydrogens is 216 g/mol. The van der Waals surface area contributed by atoms with E-state index in [0.717, 1.165) is 24.0 Å². The van der Waals surface area contributed by atoms with E-state index in [0.29, 0.717) is 11.5 Å². The topological polar surface area (TPSA) is 55.1 Å². The van der Waals surface area contributed by atoms with Gasteiger partial charge in [0.2, 0.25) is 0 Å². The minimum absolute atomic E-state index is 0.309. The van der Waals surface area contributed by atoms with Crippen LogP contribution in [0.25, 0.3) is 11.0 Å². The molecule has 4 heteroatoms. The Labute approximate surface area is 99.9 Å². The number of imidazole rings is 1. The smallest absolute Gasteiger partial charge is 0.335 e. The van der Waals surface area contributed by atoms with Gasteiger partial charge in [0, 0.05) is 6.54 Å². The van der Waals surface area contributed by atoms with Gasteiger partial charge < -0.3 is 9.67 Å². The minimum Gasteiger partial charge on any atom is -0.478 e. The van der Waals surface area contributed by atoms with E-state index in [1.165, 1.54) is 0 Å². The van der Waals surface area contributed by atoms with Gasteiger partial charge in [-0.25, -0.2) is 9.78 Å². The summed E-state index contributed by atoms with van der Waals surface area (Å²) in [6.07, 6.45) is 2.83. The highest BCUT2D eigenvalue weighted by molar-refractivity contribution is 5.92. The van der Waals surface area contributed by atoms with E-state index in [-0.39, 0.29) is 0 Å². The summed E-state index contributed by atoms with van der Waals surface area (Å²) in [7, 11) is 0. The Morgan fingerprint density at radius 3 is 2.88 bits per heavy atom. The van der Waals surface area contributed by atoms with Crippen LogP contribution in [0, 0.1) is 5.92 Å². The van der Waals surface area contributed by atoms with Crippen molar-refractivity contribution in [1.29, 1.82) is 0 Å². The molecule has 0 fully saturated rings. The van der Waals surface area contributed by atoms with Crippen LogP contribution in [-0.2, 0) is 6.54 Å². The molecule has 17 heavy (non-hydrogen) atoms. The van der Waals surface area contributed by atoms with Crippen LogP contribution in [0.3, 0.4) is 0 Å². The number of carbonyl (C=O) groups is 1. The standard InChI is InChI=1S/C13H16N2O2/c1-9(2)5-6-15-8-14-11-4-3-10(13(16)17)7-12(11)15/h3-4,7-9H,5-6H2,1-2H3,(H,16,17). The van der Waals surface area contributed by atoms with E-state index < -0.39 is 5.97 Å². The first-order valence-corrected chi connectivity index (χ1v) is 5.76. The Bertz CT molecular complexity index is 543. The third-order valence-electron chi connectivity index (χ3n) is 2.82. The number of carboxylic acid groups (broad SMARTS) is 1. The molecule has 0 spiro atoms. The van der Waals surface area contributed by atoms with E-state index in [2.05, 4.69) is 18.8 Å². The van der Waals surface area contributed by atoms with E-state index in [1.54, 1.807) is 24.5 Å². The van der Waals surface area contributed by atoms with Gasteiger partial charge in [-0.2, -0.15) is 0 Å². The Hall–Kier alpha value is -1.84. The predicted molar refractivity (Wildman–Crippen MR) is 66.1 cm³/mol. The fourth-order valence-electron chi connectivity index (χ4n) is 1.77. The van der Waals surface area contributed by atoms with Crippen molar-refractivity contribution in [2.45, 2.75) is 26.8 Å². The molecule has 0 bridgehead atoms. The second kappa shape index (κ2) is 4.57. The molecule has 0 unspecified atom stereocenters. The highest BCUT2D eigenvalue weighted by atomic mass is 16.4. The van der Waals surface area contributed by atoms with Crippen LogP contribution in [0.2, 0.25) is 0 Å². The SMILES string of the molecule is CC(C)CCn1cnc2ccc(C(=O)O)cc21. The molecule has 0 aliphatic rings. The number of aromatic nitrogens is 2. The molecule has 1 heterocycles. The molecule has 1 N–H and O–H groups in total. The van der Waals surface area contributed by atoms with Crippen molar-refractivity contribution >= 4 is 17.0 Å². The molecule has 0 aliphatic heterocycles. The Morgan fingerprint density at radius 2 is 2.24 bits per heavy atom. The molecule has 0 aliphatic carbocycles. The van der Waals surface area contributed by atoms with Crippen molar-refractivity contribution in [3.8, 4) is 0 Å². The maximum absolute atomic E-state index is 10.9. The highest BCUT2D eigenvalue weighted by Gasteiger charge is 2.08. The average molecular weight is 232 g/mol. The number of benzene rings is 1. The number of carboxylic acids is 1. The number of fused-ring (bicyclic) bond motifs is 1. The summed E-state index contributed by atoms with van der Waals surface area (Å²) in [4.78, 5) is 15.2. The zero-order valence-electron chi connectivity index (χ0n) is 10.1. The number of hydrogen-bond donors (Lipinski definition) is 1. The van der Waals surface area contributed by atoms with Crippen molar-refractivity contribution < 1.29 is 9.90 Å². The summed E-state index contributed by atoms with van der Waals surface area (Å²) >= 11 is 0. The third kappa shape index (κ3) is 2.46. The molecule has 90 valence electrons. The molecule has 2 rings (SSSR count). The van der Waals surface area contributed by atoms with Crippen LogP contribution < -0.4 is 0 Å². The molecule has 0 amide bonds. The van der Waals surface area contributed by atoms with Crippen molar-refractivity contribution in [2.75, 3.05) is 0 Å². The quantitative estimate of drug-likeness (QED) is 0.881. The molecule has 1 aromatic carbocycles. The van der Waals surface area contributed by atoms with Crippen LogP contribution in [0.5, 0.6) is 0 Å². The summed E-state index contributed by atoms with van der Waals surface area (Å²) in [6.45, 7) is 5.21. The summed E-state index contributed by atoms with van der Waals surface area (Å²) in [6, 6.07) is 5.03. The van der Waals surface area contributed by atoms with E-state index >= 15 is 0 Å². The van der Waals surface area contributed by atoms with Crippen molar-refractivity contribution in [3.05, 3.63) is 30.1 Å². The predicted octanol–water partition coefficient (Wildman–Crippen LogP) is 2.78. The number of aryl methyl sites for hydroxylation is 1. The largest absolute Gasteiger partial charge is 0.478 e. The maximum atomic E-state index is 10.9. The lowest BCUT2D eigenvalue weighted by Crippen LogP contribution is -2.01. The average Bonchev–Trinajstić information content (AvgIpc) is 2.68. The Kier molecular flexibility index (Phi) is 3.13. The van der Waals surface area contributed by atoms with Crippen LogP contribution >= 0.6 is 0 Å². The summed E-state index contributed by atoms with van der Waals surface area (Å²) < 4.78 is 2.02. The second-order valence-corrected chi connectivity index (χ2v) is 4.63. The van der Waals surface area contributed by atoms with Gasteiger partial charge in [-0.1, -0.05) is 13.8 Å². The van der Waals surface area contributed by atoms with Crippen molar-refractivity contribution in [2.24, 2.45) is 5.92 Å². The van der Waals surface area contributed by atoms with Crippen LogP contribution in [0.15, 0.2) is 24.5 Å². The number of rotatable bonds is 4. The first-order chi connectivity index (χ1) is 8.08. The van der Waals surface area contributed by atoms with Gasteiger partial charge in [0.1, 0.15) is 0 Å². The lowest BCUT2D eigenvalue weighted by atomic mass is 10.1. The van der Waals surface area contributed by atoms with Crippen molar-refractivity contribution in [3.63, 3.8) is 0 Å². The molecular formula is C13H16N2O2. The molecule has 0 saturated carbocycles. The fourth-order valence-corrected chi connectivity index (χ4v) is 1.77. The molecule has 4 nitrogen and oxygen atoms in total. The van der Waals surface area contributed by atoms with Gasteiger partial charge in [0.05, 0.1) is 22.9 Å². The van der Waals surface area contributed by atoms with Gasteiger partial charge in [-0.3, -0.25) is 0 Å². The zero-order chi connectivity index (χ0) is 12.4. The summed E-state index contributed by atoms with van der Waals surface area (Å²) in [5.41, 5.74) is 2.05. The van der Waals surface area contributed by atoms with E-state index in [1.807, 2.05) is 4.57 Å². The highest BCUT2D eigenvalue weighted by Crippen LogP contribution is 2.16. The van der Waals surface area contributed by atoms with Crippen molar-refractivity contribution in [1.82, 2.24) is 9.55 Å². The monoisotopic (exact) mass is 232 g/mol.